The molecule has 4 bridgehead atoms. The Labute approximate surface area is 260 Å². The normalized spacial score (nSPS) is 19.3. The van der Waals surface area contributed by atoms with E-state index >= 15 is 4.39 Å². The van der Waals surface area contributed by atoms with Gasteiger partial charge in [0.2, 0.25) is 5.91 Å². The summed E-state index contributed by atoms with van der Waals surface area (Å²) < 4.78 is 47.5. The second-order valence-electron chi connectivity index (χ2n) is 11.8. The zero-order valence-electron chi connectivity index (χ0n) is 25.1. The van der Waals surface area contributed by atoms with Gasteiger partial charge in [0, 0.05) is 37.1 Å². The molecular weight excluding hydrogens is 597 g/mol. The zero-order valence-corrected chi connectivity index (χ0v) is 25.9. The van der Waals surface area contributed by atoms with Crippen molar-refractivity contribution in [1.82, 2.24) is 9.88 Å². The van der Waals surface area contributed by atoms with Crippen LogP contribution in [0, 0.1) is 12.7 Å². The van der Waals surface area contributed by atoms with E-state index in [1.807, 2.05) is 32.0 Å². The highest BCUT2D eigenvalue weighted by atomic mass is 32.2. The fourth-order valence-electron chi connectivity index (χ4n) is 5.88. The number of carbonyl (C=O) groups is 2. The summed E-state index contributed by atoms with van der Waals surface area (Å²) in [5, 5.41) is 6.15. The van der Waals surface area contributed by atoms with Crippen LogP contribution in [-0.2, 0) is 25.9 Å². The van der Waals surface area contributed by atoms with E-state index in [0.29, 0.717) is 40.7 Å². The highest BCUT2D eigenvalue weighted by Crippen LogP contribution is 2.37. The van der Waals surface area contributed by atoms with Gasteiger partial charge in [0.15, 0.2) is 9.84 Å². The van der Waals surface area contributed by atoms with E-state index < -0.39 is 33.0 Å². The van der Waals surface area contributed by atoms with Gasteiger partial charge in [0.05, 0.1) is 22.1 Å². The predicted octanol–water partition coefficient (Wildman–Crippen LogP) is 5.68. The van der Waals surface area contributed by atoms with Gasteiger partial charge in [-0.1, -0.05) is 25.1 Å². The number of aryl methyl sites for hydroxylation is 1. The zero-order chi connectivity index (χ0) is 32.0. The van der Waals surface area contributed by atoms with Crippen molar-refractivity contribution in [3.63, 3.8) is 0 Å². The number of anilines is 3. The first kappa shape index (κ1) is 30.3. The molecule has 1 saturated carbocycles. The lowest BCUT2D eigenvalue weighted by Gasteiger charge is -2.28. The lowest BCUT2D eigenvalue weighted by atomic mass is 9.93. The first-order chi connectivity index (χ1) is 21.4. The number of hydrogen-bond donors (Lipinski definition) is 3. The number of nitrogens with zero attached hydrogens (tertiary/aromatic N) is 2. The van der Waals surface area contributed by atoms with E-state index in [4.69, 9.17) is 10.5 Å². The number of sulfone groups is 1. The fourth-order valence-corrected chi connectivity index (χ4v) is 7.74. The molecule has 0 radical (unpaired) electrons. The molecule has 0 saturated heterocycles. The maximum absolute atomic E-state index is 15.2. The number of nitrogens with one attached hydrogen (secondary N) is 2. The molecule has 2 amide bonds. The van der Waals surface area contributed by atoms with E-state index in [2.05, 4.69) is 15.6 Å². The van der Waals surface area contributed by atoms with Crippen LogP contribution in [0.5, 0.6) is 0 Å². The maximum atomic E-state index is 15.2. The molecule has 234 valence electrons. The second kappa shape index (κ2) is 11.7. The number of fused-ring (bicyclic) bond motifs is 10. The molecule has 3 aliphatic rings. The number of nitrogens with two attached hydrogens (primary N) is 1. The van der Waals surface area contributed by atoms with Gasteiger partial charge in [0.1, 0.15) is 17.7 Å². The number of benzene rings is 3. The van der Waals surface area contributed by atoms with Gasteiger partial charge in [-0.05, 0) is 83.8 Å². The van der Waals surface area contributed by atoms with Gasteiger partial charge in [-0.3, -0.25) is 10.1 Å². The number of carbonyl (C=O) groups excluding carboxylic acids is 2. The van der Waals surface area contributed by atoms with Crippen LogP contribution < -0.4 is 16.4 Å². The summed E-state index contributed by atoms with van der Waals surface area (Å²) in [7, 11) is -2.05. The van der Waals surface area contributed by atoms with Crippen molar-refractivity contribution in [1.29, 1.82) is 0 Å². The molecule has 7 rings (SSSR count). The Hall–Kier alpha value is -4.71. The van der Waals surface area contributed by atoms with Crippen molar-refractivity contribution in [2.45, 2.75) is 55.3 Å². The number of aromatic nitrogens is 1. The Bertz CT molecular complexity index is 1950. The van der Waals surface area contributed by atoms with E-state index in [-0.39, 0.29) is 41.1 Å². The van der Waals surface area contributed by atoms with E-state index in [1.54, 1.807) is 25.2 Å². The molecule has 10 nitrogen and oxygen atoms in total. The molecule has 1 aromatic heterocycles. The van der Waals surface area contributed by atoms with Crippen molar-refractivity contribution in [3.05, 3.63) is 88.9 Å². The average molecular weight is 632 g/mol. The first-order valence-electron chi connectivity index (χ1n) is 14.7. The smallest absolute Gasteiger partial charge is 0.411 e. The molecular formula is C33H34FN5O5S. The number of ether oxygens (including phenoxy) is 1. The first-order valence-corrected chi connectivity index (χ1v) is 16.2. The van der Waals surface area contributed by atoms with E-state index in [0.717, 1.165) is 11.1 Å². The van der Waals surface area contributed by atoms with Gasteiger partial charge in [0.25, 0.3) is 0 Å². The number of likely N-dealkylation sites (N-methyl/N-ethyl adjacent to an activating group) is 1. The molecule has 1 aliphatic carbocycles. The monoisotopic (exact) mass is 631 g/mol. The molecule has 3 aromatic carbocycles. The molecule has 4 aromatic rings. The summed E-state index contributed by atoms with van der Waals surface area (Å²) in [6, 6.07) is 13.8. The summed E-state index contributed by atoms with van der Waals surface area (Å²) in [6.45, 7) is 3.88. The van der Waals surface area contributed by atoms with Crippen LogP contribution >= 0.6 is 0 Å². The topological polar surface area (TPSA) is 144 Å². The number of hydrogen-bond acceptors (Lipinski definition) is 8. The van der Waals surface area contributed by atoms with Gasteiger partial charge in [-0.25, -0.2) is 22.6 Å². The van der Waals surface area contributed by atoms with Gasteiger partial charge in [-0.15, -0.1) is 0 Å². The summed E-state index contributed by atoms with van der Waals surface area (Å²) in [6.07, 6.45) is 1.97. The molecule has 4 N–H and O–H groups in total. The Balaban J connectivity index is 1.44. The van der Waals surface area contributed by atoms with Crippen LogP contribution in [0.4, 0.5) is 26.4 Å². The minimum Gasteiger partial charge on any atom is -0.449 e. The van der Waals surface area contributed by atoms with Crippen molar-refractivity contribution >= 4 is 49.8 Å². The molecule has 0 spiro atoms. The van der Waals surface area contributed by atoms with Crippen molar-refractivity contribution in [3.8, 4) is 0 Å². The lowest BCUT2D eigenvalue weighted by Crippen LogP contribution is -2.35. The Kier molecular flexibility index (Phi) is 7.86. The number of rotatable bonds is 4. The Morgan fingerprint density at radius 3 is 2.60 bits per heavy atom. The van der Waals surface area contributed by atoms with Crippen LogP contribution in [0.25, 0.3) is 10.8 Å². The lowest BCUT2D eigenvalue weighted by molar-refractivity contribution is -0.131. The molecule has 1 fully saturated rings. The summed E-state index contributed by atoms with van der Waals surface area (Å²) in [4.78, 5) is 32.5. The molecule has 12 heteroatoms. The molecule has 45 heavy (non-hydrogen) atoms. The number of amides is 2. The number of pyridine rings is 1. The van der Waals surface area contributed by atoms with Crippen LogP contribution in [-0.4, -0.2) is 49.2 Å². The minimum atomic E-state index is -3.63. The Morgan fingerprint density at radius 1 is 1.09 bits per heavy atom. The van der Waals surface area contributed by atoms with Crippen LogP contribution in [0.2, 0.25) is 0 Å². The third-order valence-electron chi connectivity index (χ3n) is 8.39. The molecule has 3 heterocycles. The molecule has 2 atom stereocenters. The fraction of sp³-hybridized carbons (Fsp3) is 0.303. The standard InChI is InChI=1S/C33H34FN5O5S/c1-18-12-21-4-8-26(18)19(2)17-44-33(41)38-23-5-9-28(45(42,43)25-6-7-25)22(14-23)16-39(3)32(40)30(21)37-24-13-20-10-11-36-31(35)29(20)27(34)15-24/h4-5,8-15,19,25,30,37H,6-7,16-17H2,1-3H3,(H2,35,36)(H,38,41)/t19-,30+/m0/s1. The summed E-state index contributed by atoms with van der Waals surface area (Å²) in [5.74, 6) is -1.04. The van der Waals surface area contributed by atoms with Gasteiger partial charge in [-0.2, -0.15) is 0 Å². The number of halogens is 1. The largest absolute Gasteiger partial charge is 0.449 e. The second-order valence-corrected chi connectivity index (χ2v) is 14.0. The summed E-state index contributed by atoms with van der Waals surface area (Å²) >= 11 is 0. The molecule has 2 aliphatic heterocycles. The van der Waals surface area contributed by atoms with E-state index in [9.17, 15) is 18.0 Å². The van der Waals surface area contributed by atoms with Crippen molar-refractivity contribution in [2.24, 2.45) is 0 Å². The van der Waals surface area contributed by atoms with Crippen molar-refractivity contribution < 1.29 is 27.1 Å². The molecule has 0 unspecified atom stereocenters. The average Bonchev–Trinajstić information content (AvgIpc) is 3.84. The van der Waals surface area contributed by atoms with Gasteiger partial charge >= 0.3 is 6.09 Å². The third-order valence-corrected chi connectivity index (χ3v) is 10.7. The predicted molar refractivity (Wildman–Crippen MR) is 170 cm³/mol. The van der Waals surface area contributed by atoms with Crippen molar-refractivity contribution in [2.75, 3.05) is 30.0 Å². The SMILES string of the molecule is Cc1cc2ccc1[C@@H](C)COC(=O)Nc1ccc(S(=O)(=O)C3CC3)c(c1)CN(C)C(=O)[C@@H]2Nc1cc(F)c2c(N)nccc2c1. The van der Waals surface area contributed by atoms with Gasteiger partial charge < -0.3 is 20.7 Å². The quantitative estimate of drug-likeness (QED) is 0.261. The minimum absolute atomic E-state index is 0.0642. The third kappa shape index (κ3) is 6.02. The van der Waals surface area contributed by atoms with Crippen LogP contribution in [0.1, 0.15) is 54.0 Å². The Morgan fingerprint density at radius 2 is 1.87 bits per heavy atom. The summed E-state index contributed by atoms with van der Waals surface area (Å²) in [5.41, 5.74) is 9.43. The maximum Gasteiger partial charge on any atom is 0.411 e. The van der Waals surface area contributed by atoms with Crippen LogP contribution in [0.3, 0.4) is 0 Å². The highest BCUT2D eigenvalue weighted by Gasteiger charge is 2.38. The van der Waals surface area contributed by atoms with Crippen LogP contribution in [0.15, 0.2) is 65.7 Å². The van der Waals surface area contributed by atoms with E-state index in [1.165, 1.54) is 29.3 Å². The number of nitrogen functional groups attached to an aromatic ring is 1. The highest BCUT2D eigenvalue weighted by molar-refractivity contribution is 7.92.